The average molecular weight is 285 g/mol. The van der Waals surface area contributed by atoms with Crippen molar-refractivity contribution < 1.29 is 14.0 Å². The maximum Gasteiger partial charge on any atom is 0.268 e. The van der Waals surface area contributed by atoms with E-state index in [2.05, 4.69) is 15.5 Å². The Morgan fingerprint density at radius 2 is 1.90 bits per heavy atom. The second-order valence-electron chi connectivity index (χ2n) is 4.57. The largest absolute Gasteiger partial charge is 0.382 e. The second-order valence-corrected chi connectivity index (χ2v) is 4.57. The SMILES string of the molecule is O=C(Nc1ccncc1)[C@@H]1CC(c2ccc(F)cc2)=NO1. The second kappa shape index (κ2) is 5.70. The molecule has 2 heterocycles. The monoisotopic (exact) mass is 285 g/mol. The van der Waals surface area contributed by atoms with Gasteiger partial charge in [-0.3, -0.25) is 9.78 Å². The summed E-state index contributed by atoms with van der Waals surface area (Å²) in [7, 11) is 0. The number of oxime groups is 1. The molecule has 1 aliphatic heterocycles. The first kappa shape index (κ1) is 13.2. The van der Waals surface area contributed by atoms with Crippen molar-refractivity contribution in [2.45, 2.75) is 12.5 Å². The molecule has 5 nitrogen and oxygen atoms in total. The fourth-order valence-electron chi connectivity index (χ4n) is 1.99. The van der Waals surface area contributed by atoms with Crippen molar-refractivity contribution in [2.24, 2.45) is 5.16 Å². The number of amides is 1. The zero-order valence-electron chi connectivity index (χ0n) is 11.0. The minimum atomic E-state index is -0.682. The van der Waals surface area contributed by atoms with E-state index in [-0.39, 0.29) is 11.7 Å². The molecule has 1 aromatic carbocycles. The molecule has 1 aromatic heterocycles. The van der Waals surface area contributed by atoms with Crippen LogP contribution in [0.4, 0.5) is 10.1 Å². The molecule has 6 heteroatoms. The number of halogens is 1. The van der Waals surface area contributed by atoms with Crippen molar-refractivity contribution >= 4 is 17.3 Å². The molecule has 0 radical (unpaired) electrons. The highest BCUT2D eigenvalue weighted by Crippen LogP contribution is 2.18. The van der Waals surface area contributed by atoms with Crippen molar-refractivity contribution in [1.29, 1.82) is 0 Å². The number of carbonyl (C=O) groups is 1. The van der Waals surface area contributed by atoms with Gasteiger partial charge in [0.25, 0.3) is 5.91 Å². The number of rotatable bonds is 3. The van der Waals surface area contributed by atoms with Crippen LogP contribution in [0.5, 0.6) is 0 Å². The number of benzene rings is 1. The molecule has 0 saturated heterocycles. The molecule has 0 spiro atoms. The van der Waals surface area contributed by atoms with Crippen LogP contribution in [0.3, 0.4) is 0 Å². The Morgan fingerprint density at radius 3 is 2.62 bits per heavy atom. The number of anilines is 1. The van der Waals surface area contributed by atoms with Gasteiger partial charge in [0.15, 0.2) is 0 Å². The molecule has 3 rings (SSSR count). The Kier molecular flexibility index (Phi) is 3.59. The van der Waals surface area contributed by atoms with Crippen LogP contribution in [0.1, 0.15) is 12.0 Å². The molecular weight excluding hydrogens is 273 g/mol. The molecule has 0 unspecified atom stereocenters. The van der Waals surface area contributed by atoms with Gasteiger partial charge in [-0.1, -0.05) is 17.3 Å². The van der Waals surface area contributed by atoms with Gasteiger partial charge in [0, 0.05) is 24.5 Å². The number of aromatic nitrogens is 1. The number of carbonyl (C=O) groups excluding carboxylic acids is 1. The quantitative estimate of drug-likeness (QED) is 0.941. The van der Waals surface area contributed by atoms with E-state index in [0.29, 0.717) is 17.8 Å². The molecule has 1 amide bonds. The molecule has 0 aliphatic carbocycles. The number of hydrogen-bond acceptors (Lipinski definition) is 4. The minimum absolute atomic E-state index is 0.276. The third kappa shape index (κ3) is 3.05. The maximum absolute atomic E-state index is 12.9. The summed E-state index contributed by atoms with van der Waals surface area (Å²) in [6, 6.07) is 9.30. The highest BCUT2D eigenvalue weighted by atomic mass is 19.1. The van der Waals surface area contributed by atoms with Crippen molar-refractivity contribution in [3.05, 3.63) is 60.2 Å². The van der Waals surface area contributed by atoms with Crippen LogP contribution < -0.4 is 5.32 Å². The standard InChI is InChI=1S/C15H12FN3O2/c16-11-3-1-10(2-4-11)13-9-14(21-19-13)15(20)18-12-5-7-17-8-6-12/h1-8,14H,9H2,(H,17,18,20)/t14-/m0/s1. The fraction of sp³-hybridized carbons (Fsp3) is 0.133. The van der Waals surface area contributed by atoms with Crippen LogP contribution in [0.15, 0.2) is 53.9 Å². The van der Waals surface area contributed by atoms with Crippen LogP contribution in [0, 0.1) is 5.82 Å². The zero-order valence-corrected chi connectivity index (χ0v) is 11.0. The summed E-state index contributed by atoms with van der Waals surface area (Å²) in [5.41, 5.74) is 2.02. The molecule has 0 fully saturated rings. The summed E-state index contributed by atoms with van der Waals surface area (Å²) in [5, 5.41) is 6.63. The van der Waals surface area contributed by atoms with Gasteiger partial charge in [0.2, 0.25) is 6.10 Å². The Hall–Kier alpha value is -2.76. The Labute approximate surface area is 120 Å². The van der Waals surface area contributed by atoms with Gasteiger partial charge in [-0.15, -0.1) is 0 Å². The summed E-state index contributed by atoms with van der Waals surface area (Å²) < 4.78 is 12.9. The van der Waals surface area contributed by atoms with Crippen molar-refractivity contribution in [1.82, 2.24) is 4.98 Å². The predicted molar refractivity (Wildman–Crippen MR) is 75.3 cm³/mol. The smallest absolute Gasteiger partial charge is 0.268 e. The minimum Gasteiger partial charge on any atom is -0.382 e. The van der Waals surface area contributed by atoms with Crippen molar-refractivity contribution in [3.63, 3.8) is 0 Å². The maximum atomic E-state index is 12.9. The first-order valence-corrected chi connectivity index (χ1v) is 6.42. The molecular formula is C15H12FN3O2. The van der Waals surface area contributed by atoms with Crippen LogP contribution >= 0.6 is 0 Å². The van der Waals surface area contributed by atoms with Gasteiger partial charge in [-0.05, 0) is 29.8 Å². The number of nitrogens with zero attached hydrogens (tertiary/aromatic N) is 2. The van der Waals surface area contributed by atoms with E-state index >= 15 is 0 Å². The predicted octanol–water partition coefficient (Wildman–Crippen LogP) is 2.35. The summed E-state index contributed by atoms with van der Waals surface area (Å²) in [6.45, 7) is 0. The third-order valence-corrected chi connectivity index (χ3v) is 3.09. The number of pyridine rings is 1. The Bertz CT molecular complexity index is 671. The molecule has 1 aliphatic rings. The van der Waals surface area contributed by atoms with Gasteiger partial charge >= 0.3 is 0 Å². The van der Waals surface area contributed by atoms with Crippen molar-refractivity contribution in [2.75, 3.05) is 5.32 Å². The van der Waals surface area contributed by atoms with E-state index in [1.807, 2.05) is 0 Å². The van der Waals surface area contributed by atoms with E-state index in [4.69, 9.17) is 4.84 Å². The van der Waals surface area contributed by atoms with E-state index in [1.165, 1.54) is 12.1 Å². The summed E-state index contributed by atoms with van der Waals surface area (Å²) in [4.78, 5) is 21.1. The summed E-state index contributed by atoms with van der Waals surface area (Å²) in [6.07, 6.45) is 2.85. The van der Waals surface area contributed by atoms with Gasteiger partial charge in [0.05, 0.1) is 5.71 Å². The number of nitrogens with one attached hydrogen (secondary N) is 1. The van der Waals surface area contributed by atoms with Crippen LogP contribution in [-0.4, -0.2) is 22.7 Å². The topological polar surface area (TPSA) is 63.6 Å². The van der Waals surface area contributed by atoms with Gasteiger partial charge in [-0.25, -0.2) is 4.39 Å². The normalized spacial score (nSPS) is 17.0. The van der Waals surface area contributed by atoms with Gasteiger partial charge < -0.3 is 10.2 Å². The lowest BCUT2D eigenvalue weighted by molar-refractivity contribution is -0.125. The molecule has 0 bridgehead atoms. The van der Waals surface area contributed by atoms with Crippen LogP contribution in [0.2, 0.25) is 0 Å². The lowest BCUT2D eigenvalue weighted by Crippen LogP contribution is -2.28. The summed E-state index contributed by atoms with van der Waals surface area (Å²) >= 11 is 0. The Balaban J connectivity index is 1.63. The molecule has 106 valence electrons. The van der Waals surface area contributed by atoms with E-state index in [9.17, 15) is 9.18 Å². The van der Waals surface area contributed by atoms with Crippen molar-refractivity contribution in [3.8, 4) is 0 Å². The average Bonchev–Trinajstić information content (AvgIpc) is 2.99. The highest BCUT2D eigenvalue weighted by molar-refractivity contribution is 6.06. The lowest BCUT2D eigenvalue weighted by atomic mass is 10.0. The molecule has 1 N–H and O–H groups in total. The van der Waals surface area contributed by atoms with Crippen LogP contribution in [-0.2, 0) is 9.63 Å². The van der Waals surface area contributed by atoms with Gasteiger partial charge in [-0.2, -0.15) is 0 Å². The molecule has 21 heavy (non-hydrogen) atoms. The van der Waals surface area contributed by atoms with E-state index in [0.717, 1.165) is 5.56 Å². The zero-order chi connectivity index (χ0) is 14.7. The van der Waals surface area contributed by atoms with Crippen LogP contribution in [0.25, 0.3) is 0 Å². The third-order valence-electron chi connectivity index (χ3n) is 3.09. The lowest BCUT2D eigenvalue weighted by Gasteiger charge is -2.09. The van der Waals surface area contributed by atoms with E-state index in [1.54, 1.807) is 36.7 Å². The first-order chi connectivity index (χ1) is 10.2. The molecule has 0 saturated carbocycles. The Morgan fingerprint density at radius 1 is 1.19 bits per heavy atom. The molecule has 2 aromatic rings. The fourth-order valence-corrected chi connectivity index (χ4v) is 1.99. The van der Waals surface area contributed by atoms with Gasteiger partial charge in [0.1, 0.15) is 5.82 Å². The van der Waals surface area contributed by atoms with E-state index < -0.39 is 6.10 Å². The first-order valence-electron chi connectivity index (χ1n) is 6.42. The number of hydrogen-bond donors (Lipinski definition) is 1. The molecule has 1 atom stereocenters. The summed E-state index contributed by atoms with van der Waals surface area (Å²) in [5.74, 6) is -0.590. The highest BCUT2D eigenvalue weighted by Gasteiger charge is 2.28.